The highest BCUT2D eigenvalue weighted by Gasteiger charge is 2.24. The van der Waals surface area contributed by atoms with Crippen molar-refractivity contribution < 1.29 is 9.90 Å². The van der Waals surface area contributed by atoms with Crippen LogP contribution in [0.3, 0.4) is 0 Å². The van der Waals surface area contributed by atoms with E-state index >= 15 is 0 Å². The highest BCUT2D eigenvalue weighted by molar-refractivity contribution is 5.78. The van der Waals surface area contributed by atoms with E-state index in [0.717, 1.165) is 19.3 Å². The highest BCUT2D eigenvalue weighted by Crippen LogP contribution is 2.25. The van der Waals surface area contributed by atoms with E-state index in [1.807, 2.05) is 0 Å². The molecule has 1 aliphatic rings. The molecule has 0 heterocycles. The zero-order chi connectivity index (χ0) is 9.14. The lowest BCUT2D eigenvalue weighted by atomic mass is 9.86. The van der Waals surface area contributed by atoms with Crippen molar-refractivity contribution in [2.75, 3.05) is 0 Å². The van der Waals surface area contributed by atoms with Crippen LogP contribution in [0.15, 0.2) is 11.6 Å². The molecule has 68 valence electrons. The molecular weight excluding hydrogens is 154 g/mol. The second-order valence-corrected chi connectivity index (χ2v) is 3.43. The molecule has 3 nitrogen and oxygen atoms in total. The monoisotopic (exact) mass is 169 g/mol. The quantitative estimate of drug-likeness (QED) is 0.594. The van der Waals surface area contributed by atoms with Crippen LogP contribution >= 0.6 is 0 Å². The van der Waals surface area contributed by atoms with Crippen LogP contribution in [0, 0.1) is 5.92 Å². The molecule has 0 saturated heterocycles. The topological polar surface area (TPSA) is 63.3 Å². The van der Waals surface area contributed by atoms with Gasteiger partial charge >= 0.3 is 0 Å². The molecule has 1 rings (SSSR count). The molecule has 0 aromatic heterocycles. The van der Waals surface area contributed by atoms with Crippen LogP contribution in [0.5, 0.6) is 0 Å². The van der Waals surface area contributed by atoms with Gasteiger partial charge < -0.3 is 10.8 Å². The Morgan fingerprint density at radius 1 is 1.83 bits per heavy atom. The third-order valence-electron chi connectivity index (χ3n) is 2.42. The summed E-state index contributed by atoms with van der Waals surface area (Å²) in [5, 5.41) is 9.33. The van der Waals surface area contributed by atoms with Crippen LogP contribution in [-0.4, -0.2) is 17.1 Å². The van der Waals surface area contributed by atoms with Crippen molar-refractivity contribution in [3.8, 4) is 0 Å². The van der Waals surface area contributed by atoms with Crippen molar-refractivity contribution in [3.05, 3.63) is 11.6 Å². The molecule has 12 heavy (non-hydrogen) atoms. The lowest BCUT2D eigenvalue weighted by molar-refractivity contribution is -0.128. The Hall–Kier alpha value is -0.830. The van der Waals surface area contributed by atoms with E-state index in [1.54, 1.807) is 0 Å². The smallest absolute Gasteiger partial charge is 0.246 e. The fourth-order valence-electron chi connectivity index (χ4n) is 1.50. The van der Waals surface area contributed by atoms with Crippen molar-refractivity contribution in [2.24, 2.45) is 11.7 Å². The number of aliphatic hydroxyl groups is 1. The Bertz CT molecular complexity index is 211. The van der Waals surface area contributed by atoms with Gasteiger partial charge in [0.05, 0.1) is 0 Å². The fourth-order valence-corrected chi connectivity index (χ4v) is 1.50. The van der Waals surface area contributed by atoms with Gasteiger partial charge in [-0.25, -0.2) is 0 Å². The van der Waals surface area contributed by atoms with Gasteiger partial charge in [0.1, 0.15) is 6.10 Å². The molecule has 0 aromatic carbocycles. The predicted octanol–water partition coefficient (Wildman–Crippen LogP) is 0.579. The van der Waals surface area contributed by atoms with Crippen molar-refractivity contribution in [3.63, 3.8) is 0 Å². The number of hydrogen-bond acceptors (Lipinski definition) is 2. The van der Waals surface area contributed by atoms with Crippen LogP contribution in [0.2, 0.25) is 0 Å². The van der Waals surface area contributed by atoms with Gasteiger partial charge in [-0.15, -0.1) is 0 Å². The maximum Gasteiger partial charge on any atom is 0.246 e. The van der Waals surface area contributed by atoms with E-state index in [2.05, 4.69) is 13.0 Å². The molecule has 0 spiro atoms. The van der Waals surface area contributed by atoms with Crippen LogP contribution in [0.25, 0.3) is 0 Å². The van der Waals surface area contributed by atoms with Gasteiger partial charge in [0.15, 0.2) is 0 Å². The van der Waals surface area contributed by atoms with Crippen LogP contribution < -0.4 is 5.73 Å². The van der Waals surface area contributed by atoms with Crippen LogP contribution in [-0.2, 0) is 4.79 Å². The first-order chi connectivity index (χ1) is 5.61. The third kappa shape index (κ3) is 2.08. The molecule has 0 aromatic rings. The van der Waals surface area contributed by atoms with Crippen LogP contribution in [0.4, 0.5) is 0 Å². The summed E-state index contributed by atoms with van der Waals surface area (Å²) in [5.74, 6) is -0.570. The number of primary amides is 1. The van der Waals surface area contributed by atoms with Gasteiger partial charge in [0.2, 0.25) is 5.91 Å². The Labute approximate surface area is 72.3 Å². The summed E-state index contributed by atoms with van der Waals surface area (Å²) in [6.07, 6.45) is 3.71. The van der Waals surface area contributed by atoms with Gasteiger partial charge in [-0.3, -0.25) is 4.79 Å². The molecule has 1 aliphatic carbocycles. The van der Waals surface area contributed by atoms with E-state index < -0.39 is 12.0 Å². The lowest BCUT2D eigenvalue weighted by Gasteiger charge is -2.23. The Morgan fingerprint density at radius 2 is 2.50 bits per heavy atom. The number of amides is 1. The average Bonchev–Trinajstić information content (AvgIpc) is 2.04. The predicted molar refractivity (Wildman–Crippen MR) is 46.3 cm³/mol. The first-order valence-electron chi connectivity index (χ1n) is 4.24. The van der Waals surface area contributed by atoms with E-state index in [-0.39, 0.29) is 5.92 Å². The largest absolute Gasteiger partial charge is 0.383 e. The molecule has 3 N–H and O–H groups in total. The number of nitrogens with two attached hydrogens (primary N) is 1. The van der Waals surface area contributed by atoms with Crippen molar-refractivity contribution in [1.82, 2.24) is 0 Å². The van der Waals surface area contributed by atoms with E-state index in [9.17, 15) is 9.90 Å². The number of hydrogen-bond donors (Lipinski definition) is 2. The summed E-state index contributed by atoms with van der Waals surface area (Å²) in [4.78, 5) is 10.6. The number of aliphatic hydroxyl groups excluding tert-OH is 1. The molecule has 0 aliphatic heterocycles. The highest BCUT2D eigenvalue weighted by atomic mass is 16.3. The summed E-state index contributed by atoms with van der Waals surface area (Å²) in [7, 11) is 0. The number of allylic oxidation sites excluding steroid dienone is 2. The zero-order valence-corrected chi connectivity index (χ0v) is 7.29. The molecule has 3 heteroatoms. The molecule has 2 atom stereocenters. The second-order valence-electron chi connectivity index (χ2n) is 3.43. The van der Waals surface area contributed by atoms with E-state index in [4.69, 9.17) is 5.73 Å². The van der Waals surface area contributed by atoms with Crippen molar-refractivity contribution >= 4 is 5.91 Å². The summed E-state index contributed by atoms with van der Waals surface area (Å²) in [6.45, 7) is 2.06. The fraction of sp³-hybridized carbons (Fsp3) is 0.667. The summed E-state index contributed by atoms with van der Waals surface area (Å²) in [6, 6.07) is 0. The van der Waals surface area contributed by atoms with Crippen LogP contribution in [0.1, 0.15) is 26.2 Å². The third-order valence-corrected chi connectivity index (χ3v) is 2.42. The second kappa shape index (κ2) is 3.72. The number of carbonyl (C=O) groups excluding carboxylic acids is 1. The first kappa shape index (κ1) is 9.26. The standard InChI is InChI=1S/C9H15NO2/c1-6-2-4-7(5-3-6)8(11)9(10)12/h2,7-8,11H,3-5H2,1H3,(H2,10,12). The van der Waals surface area contributed by atoms with Gasteiger partial charge in [-0.2, -0.15) is 0 Å². The summed E-state index contributed by atoms with van der Waals surface area (Å²) >= 11 is 0. The first-order valence-corrected chi connectivity index (χ1v) is 4.24. The lowest BCUT2D eigenvalue weighted by Crippen LogP contribution is -2.35. The normalized spacial score (nSPS) is 26.2. The number of rotatable bonds is 2. The van der Waals surface area contributed by atoms with E-state index in [0.29, 0.717) is 0 Å². The van der Waals surface area contributed by atoms with Gasteiger partial charge in [-0.05, 0) is 32.1 Å². The SMILES string of the molecule is CC1=CCC(C(O)C(N)=O)CC1. The summed E-state index contributed by atoms with van der Waals surface area (Å²) < 4.78 is 0. The van der Waals surface area contributed by atoms with Crippen molar-refractivity contribution in [2.45, 2.75) is 32.3 Å². The molecule has 0 bridgehead atoms. The average molecular weight is 169 g/mol. The van der Waals surface area contributed by atoms with E-state index in [1.165, 1.54) is 5.57 Å². The Kier molecular flexibility index (Phi) is 2.87. The minimum atomic E-state index is -0.964. The molecule has 0 saturated carbocycles. The zero-order valence-electron chi connectivity index (χ0n) is 7.29. The van der Waals surface area contributed by atoms with Crippen molar-refractivity contribution in [1.29, 1.82) is 0 Å². The summed E-state index contributed by atoms with van der Waals surface area (Å²) in [5.41, 5.74) is 6.33. The Morgan fingerprint density at radius 3 is 2.92 bits per heavy atom. The van der Waals surface area contributed by atoms with Gasteiger partial charge in [0, 0.05) is 0 Å². The number of carbonyl (C=O) groups is 1. The maximum absolute atomic E-state index is 10.6. The minimum Gasteiger partial charge on any atom is -0.383 e. The molecule has 0 radical (unpaired) electrons. The molecule has 2 unspecified atom stereocenters. The minimum absolute atomic E-state index is 0.0335. The van der Waals surface area contributed by atoms with Gasteiger partial charge in [-0.1, -0.05) is 11.6 Å². The van der Waals surface area contributed by atoms with Gasteiger partial charge in [0.25, 0.3) is 0 Å². The maximum atomic E-state index is 10.6. The Balaban J connectivity index is 2.51. The molecule has 0 fully saturated rings. The molecular formula is C9H15NO2. The molecule has 1 amide bonds.